The van der Waals surface area contributed by atoms with Gasteiger partial charge in [-0.05, 0) is 50.7 Å². The molecule has 1 aliphatic rings. The molecule has 0 bridgehead atoms. The fraction of sp³-hybridized carbons (Fsp3) is 0.625. The van der Waals surface area contributed by atoms with Gasteiger partial charge in [0.2, 0.25) is 0 Å². The molecule has 0 radical (unpaired) electrons. The highest BCUT2D eigenvalue weighted by atomic mass is 16.5. The van der Waals surface area contributed by atoms with Crippen LogP contribution < -0.4 is 15.2 Å². The third-order valence-corrected chi connectivity index (χ3v) is 3.66. The van der Waals surface area contributed by atoms with Crippen LogP contribution >= 0.6 is 0 Å². The van der Waals surface area contributed by atoms with E-state index in [1.165, 1.54) is 19.3 Å². The van der Waals surface area contributed by atoms with E-state index in [0.717, 1.165) is 36.3 Å². The van der Waals surface area contributed by atoms with Crippen molar-refractivity contribution in [2.75, 3.05) is 7.11 Å². The summed E-state index contributed by atoms with van der Waals surface area (Å²) in [6.45, 7) is 2.02. The summed E-state index contributed by atoms with van der Waals surface area (Å²) in [6.07, 6.45) is 7.31. The number of hydrogen-bond donors (Lipinski definition) is 1. The van der Waals surface area contributed by atoms with Crippen LogP contribution in [-0.2, 0) is 6.42 Å². The first kappa shape index (κ1) is 14.2. The van der Waals surface area contributed by atoms with E-state index in [1.54, 1.807) is 7.11 Å². The average molecular weight is 263 g/mol. The second-order valence-electron chi connectivity index (χ2n) is 5.51. The third kappa shape index (κ3) is 3.87. The van der Waals surface area contributed by atoms with Gasteiger partial charge in [-0.1, -0.05) is 18.6 Å². The summed E-state index contributed by atoms with van der Waals surface area (Å²) in [7, 11) is 1.69. The van der Waals surface area contributed by atoms with Crippen molar-refractivity contribution in [3.63, 3.8) is 0 Å². The second kappa shape index (κ2) is 6.80. The molecule has 0 heterocycles. The van der Waals surface area contributed by atoms with Gasteiger partial charge in [0.1, 0.15) is 0 Å². The number of para-hydroxylation sites is 1. The van der Waals surface area contributed by atoms with Crippen molar-refractivity contribution in [1.82, 2.24) is 0 Å². The maximum Gasteiger partial charge on any atom is 0.164 e. The third-order valence-electron chi connectivity index (χ3n) is 3.66. The van der Waals surface area contributed by atoms with Crippen molar-refractivity contribution in [2.45, 2.75) is 57.6 Å². The molecule has 1 fully saturated rings. The van der Waals surface area contributed by atoms with E-state index in [2.05, 4.69) is 6.07 Å². The second-order valence-corrected chi connectivity index (χ2v) is 5.51. The highest BCUT2D eigenvalue weighted by Gasteiger charge is 2.19. The number of nitrogens with two attached hydrogens (primary N) is 1. The van der Waals surface area contributed by atoms with Gasteiger partial charge < -0.3 is 15.2 Å². The van der Waals surface area contributed by atoms with Crippen molar-refractivity contribution in [3.8, 4) is 11.5 Å². The lowest BCUT2D eigenvalue weighted by Gasteiger charge is -2.25. The molecule has 0 aromatic heterocycles. The minimum atomic E-state index is 0.126. The Bertz CT molecular complexity index is 398. The molecule has 0 amide bonds. The van der Waals surface area contributed by atoms with Crippen molar-refractivity contribution in [1.29, 1.82) is 0 Å². The molecule has 2 rings (SSSR count). The minimum absolute atomic E-state index is 0.126. The molecule has 1 saturated carbocycles. The molecule has 0 spiro atoms. The summed E-state index contributed by atoms with van der Waals surface area (Å²) < 4.78 is 11.7. The first-order valence-electron chi connectivity index (χ1n) is 7.29. The van der Waals surface area contributed by atoms with Gasteiger partial charge >= 0.3 is 0 Å². The van der Waals surface area contributed by atoms with E-state index >= 15 is 0 Å². The summed E-state index contributed by atoms with van der Waals surface area (Å²) in [5, 5.41) is 0. The van der Waals surface area contributed by atoms with Gasteiger partial charge in [-0.15, -0.1) is 0 Å². The molecule has 106 valence electrons. The maximum absolute atomic E-state index is 6.23. The van der Waals surface area contributed by atoms with Crippen molar-refractivity contribution in [3.05, 3.63) is 23.8 Å². The molecule has 19 heavy (non-hydrogen) atoms. The molecule has 3 heteroatoms. The maximum atomic E-state index is 6.23. The largest absolute Gasteiger partial charge is 0.493 e. The zero-order chi connectivity index (χ0) is 13.7. The molecule has 1 atom stereocenters. The predicted molar refractivity (Wildman–Crippen MR) is 77.8 cm³/mol. The van der Waals surface area contributed by atoms with Crippen LogP contribution in [0.15, 0.2) is 18.2 Å². The van der Waals surface area contributed by atoms with Gasteiger partial charge in [0, 0.05) is 6.04 Å². The van der Waals surface area contributed by atoms with E-state index in [-0.39, 0.29) is 6.04 Å². The van der Waals surface area contributed by atoms with Crippen molar-refractivity contribution >= 4 is 0 Å². The topological polar surface area (TPSA) is 44.5 Å². The zero-order valence-corrected chi connectivity index (χ0v) is 12.0. The highest BCUT2D eigenvalue weighted by molar-refractivity contribution is 5.47. The fourth-order valence-electron chi connectivity index (χ4n) is 2.71. The smallest absolute Gasteiger partial charge is 0.164 e. The Balaban J connectivity index is 2.18. The Labute approximate surface area is 116 Å². The Morgan fingerprint density at radius 2 is 2.00 bits per heavy atom. The SMILES string of the molecule is COc1cccc(CC(C)N)c1OC1CCCCC1. The van der Waals surface area contributed by atoms with Gasteiger partial charge in [0.05, 0.1) is 13.2 Å². The molecule has 1 aliphatic carbocycles. The van der Waals surface area contributed by atoms with Crippen LogP contribution in [0, 0.1) is 0 Å². The Kier molecular flexibility index (Phi) is 5.08. The van der Waals surface area contributed by atoms with Gasteiger partial charge in [-0.2, -0.15) is 0 Å². The fourth-order valence-corrected chi connectivity index (χ4v) is 2.71. The number of benzene rings is 1. The Morgan fingerprint density at radius 1 is 1.26 bits per heavy atom. The van der Waals surface area contributed by atoms with E-state index < -0.39 is 0 Å². The van der Waals surface area contributed by atoms with E-state index in [1.807, 2.05) is 19.1 Å². The van der Waals surface area contributed by atoms with E-state index in [4.69, 9.17) is 15.2 Å². The van der Waals surface area contributed by atoms with Crippen molar-refractivity contribution in [2.24, 2.45) is 5.73 Å². The molecule has 0 aliphatic heterocycles. The molecular formula is C16H25NO2. The Hall–Kier alpha value is -1.22. The summed E-state index contributed by atoms with van der Waals surface area (Å²) in [5.74, 6) is 1.72. The molecule has 2 N–H and O–H groups in total. The van der Waals surface area contributed by atoms with Crippen LogP contribution in [0.25, 0.3) is 0 Å². The summed E-state index contributed by atoms with van der Waals surface area (Å²) in [6, 6.07) is 6.18. The molecule has 0 saturated heterocycles. The van der Waals surface area contributed by atoms with Gasteiger partial charge in [-0.25, -0.2) is 0 Å². The van der Waals surface area contributed by atoms with Crippen LogP contribution in [0.4, 0.5) is 0 Å². The van der Waals surface area contributed by atoms with Crippen LogP contribution in [0.3, 0.4) is 0 Å². The number of methoxy groups -OCH3 is 1. The van der Waals surface area contributed by atoms with Crippen molar-refractivity contribution < 1.29 is 9.47 Å². The summed E-state index contributed by atoms with van der Waals surface area (Å²) in [5.41, 5.74) is 7.07. The molecule has 3 nitrogen and oxygen atoms in total. The quantitative estimate of drug-likeness (QED) is 0.886. The van der Waals surface area contributed by atoms with Crippen LogP contribution in [0.2, 0.25) is 0 Å². The molecular weight excluding hydrogens is 238 g/mol. The van der Waals surface area contributed by atoms with Crippen LogP contribution in [0.5, 0.6) is 11.5 Å². The average Bonchev–Trinajstić information content (AvgIpc) is 2.41. The first-order valence-corrected chi connectivity index (χ1v) is 7.29. The predicted octanol–water partition coefficient (Wildman–Crippen LogP) is 3.30. The van der Waals surface area contributed by atoms with E-state index in [0.29, 0.717) is 6.10 Å². The minimum Gasteiger partial charge on any atom is -0.493 e. The summed E-state index contributed by atoms with van der Waals surface area (Å²) in [4.78, 5) is 0. The van der Waals surface area contributed by atoms with Crippen LogP contribution in [-0.4, -0.2) is 19.3 Å². The normalized spacial score (nSPS) is 18.1. The Morgan fingerprint density at radius 3 is 2.63 bits per heavy atom. The lowest BCUT2D eigenvalue weighted by atomic mass is 9.97. The highest BCUT2D eigenvalue weighted by Crippen LogP contribution is 2.34. The molecule has 1 aromatic carbocycles. The van der Waals surface area contributed by atoms with Gasteiger partial charge in [0.15, 0.2) is 11.5 Å². The van der Waals surface area contributed by atoms with E-state index in [9.17, 15) is 0 Å². The zero-order valence-electron chi connectivity index (χ0n) is 12.0. The first-order chi connectivity index (χ1) is 9.20. The number of ether oxygens (including phenoxy) is 2. The summed E-state index contributed by atoms with van der Waals surface area (Å²) >= 11 is 0. The molecule has 1 unspecified atom stereocenters. The van der Waals surface area contributed by atoms with Gasteiger partial charge in [0.25, 0.3) is 0 Å². The molecule has 1 aromatic rings. The monoisotopic (exact) mass is 263 g/mol. The number of rotatable bonds is 5. The standard InChI is InChI=1S/C16H25NO2/c1-12(17)11-13-7-6-10-15(18-2)16(13)19-14-8-4-3-5-9-14/h6-7,10,12,14H,3-5,8-9,11,17H2,1-2H3. The van der Waals surface area contributed by atoms with Crippen LogP contribution in [0.1, 0.15) is 44.6 Å². The number of hydrogen-bond acceptors (Lipinski definition) is 3. The lowest BCUT2D eigenvalue weighted by Crippen LogP contribution is -2.22. The lowest BCUT2D eigenvalue weighted by molar-refractivity contribution is 0.148. The van der Waals surface area contributed by atoms with Gasteiger partial charge in [-0.3, -0.25) is 0 Å².